The Morgan fingerprint density at radius 3 is 2.41 bits per heavy atom. The molecular formula is C16H14O6. The van der Waals surface area contributed by atoms with E-state index in [4.69, 9.17) is 13.9 Å². The van der Waals surface area contributed by atoms with Gasteiger partial charge in [-0.05, 0) is 13.0 Å². The Labute approximate surface area is 125 Å². The van der Waals surface area contributed by atoms with Crippen molar-refractivity contribution in [2.45, 2.75) is 6.92 Å². The summed E-state index contributed by atoms with van der Waals surface area (Å²) in [5.41, 5.74) is -0.281. The quantitative estimate of drug-likeness (QED) is 0.707. The van der Waals surface area contributed by atoms with Crippen LogP contribution >= 0.6 is 0 Å². The summed E-state index contributed by atoms with van der Waals surface area (Å²) in [6.45, 7) is 1.63. The lowest BCUT2D eigenvalue weighted by Gasteiger charge is -2.13. The SMILES string of the molecule is COc1cc(O)c2c(O)c3c(=O)cc(C)oc3c(OC)c2c1. The lowest BCUT2D eigenvalue weighted by atomic mass is 10.0. The third kappa shape index (κ3) is 1.84. The highest BCUT2D eigenvalue weighted by Gasteiger charge is 2.22. The lowest BCUT2D eigenvalue weighted by Crippen LogP contribution is -2.03. The van der Waals surface area contributed by atoms with Crippen LogP contribution in [0.3, 0.4) is 0 Å². The fourth-order valence-electron chi connectivity index (χ4n) is 2.59. The Morgan fingerprint density at radius 1 is 1.05 bits per heavy atom. The Kier molecular flexibility index (Phi) is 3.09. The monoisotopic (exact) mass is 302 g/mol. The van der Waals surface area contributed by atoms with Crippen LogP contribution in [0.5, 0.6) is 23.0 Å². The molecule has 2 aromatic carbocycles. The Bertz CT molecular complexity index is 955. The zero-order chi connectivity index (χ0) is 16.0. The smallest absolute Gasteiger partial charge is 0.196 e. The molecule has 1 heterocycles. The number of aryl methyl sites for hydroxylation is 1. The van der Waals surface area contributed by atoms with E-state index in [0.29, 0.717) is 16.9 Å². The number of rotatable bonds is 2. The van der Waals surface area contributed by atoms with Gasteiger partial charge in [0.1, 0.15) is 28.4 Å². The van der Waals surface area contributed by atoms with E-state index >= 15 is 0 Å². The van der Waals surface area contributed by atoms with Gasteiger partial charge in [0, 0.05) is 17.5 Å². The summed E-state index contributed by atoms with van der Waals surface area (Å²) >= 11 is 0. The molecule has 3 rings (SSSR count). The minimum atomic E-state index is -0.410. The summed E-state index contributed by atoms with van der Waals surface area (Å²) in [6.07, 6.45) is 0. The van der Waals surface area contributed by atoms with Crippen molar-refractivity contribution in [2.75, 3.05) is 14.2 Å². The van der Waals surface area contributed by atoms with Gasteiger partial charge in [0.25, 0.3) is 0 Å². The van der Waals surface area contributed by atoms with E-state index in [2.05, 4.69) is 0 Å². The van der Waals surface area contributed by atoms with E-state index in [-0.39, 0.29) is 33.6 Å². The number of hydrogen-bond acceptors (Lipinski definition) is 6. The number of methoxy groups -OCH3 is 2. The summed E-state index contributed by atoms with van der Waals surface area (Å²) in [7, 11) is 2.88. The van der Waals surface area contributed by atoms with Crippen molar-refractivity contribution >= 4 is 21.7 Å². The second-order valence-corrected chi connectivity index (χ2v) is 4.88. The van der Waals surface area contributed by atoms with Crippen LogP contribution in [-0.4, -0.2) is 24.4 Å². The zero-order valence-electron chi connectivity index (χ0n) is 12.3. The number of phenolic OH excluding ortho intramolecular Hbond substituents is 2. The molecule has 0 aliphatic rings. The summed E-state index contributed by atoms with van der Waals surface area (Å²) < 4.78 is 16.0. The van der Waals surface area contributed by atoms with Gasteiger partial charge in [-0.2, -0.15) is 0 Å². The summed E-state index contributed by atoms with van der Waals surface area (Å²) in [6, 6.07) is 4.21. The molecule has 0 saturated carbocycles. The highest BCUT2D eigenvalue weighted by atomic mass is 16.5. The van der Waals surface area contributed by atoms with E-state index in [0.717, 1.165) is 0 Å². The predicted molar refractivity (Wildman–Crippen MR) is 81.2 cm³/mol. The van der Waals surface area contributed by atoms with Crippen LogP contribution in [0.2, 0.25) is 0 Å². The maximum absolute atomic E-state index is 12.2. The first-order valence-electron chi connectivity index (χ1n) is 6.52. The molecule has 0 unspecified atom stereocenters. The summed E-state index contributed by atoms with van der Waals surface area (Å²) in [5.74, 6) is 0.461. The molecule has 3 aromatic rings. The highest BCUT2D eigenvalue weighted by molar-refractivity contribution is 6.11. The van der Waals surface area contributed by atoms with Gasteiger partial charge in [0.05, 0.1) is 19.6 Å². The minimum Gasteiger partial charge on any atom is -0.507 e. The number of hydrogen-bond donors (Lipinski definition) is 2. The van der Waals surface area contributed by atoms with Crippen LogP contribution in [0.1, 0.15) is 5.76 Å². The molecule has 0 saturated heterocycles. The van der Waals surface area contributed by atoms with Gasteiger partial charge in [-0.3, -0.25) is 4.79 Å². The fraction of sp³-hybridized carbons (Fsp3) is 0.188. The summed E-state index contributed by atoms with van der Waals surface area (Å²) in [5, 5.41) is 21.1. The van der Waals surface area contributed by atoms with Gasteiger partial charge in [0.15, 0.2) is 16.8 Å². The third-order valence-electron chi connectivity index (χ3n) is 3.53. The first-order chi connectivity index (χ1) is 10.5. The van der Waals surface area contributed by atoms with Crippen LogP contribution in [0, 0.1) is 6.92 Å². The Morgan fingerprint density at radius 2 is 1.77 bits per heavy atom. The number of ether oxygens (including phenoxy) is 2. The molecule has 0 aliphatic carbocycles. The molecule has 114 valence electrons. The van der Waals surface area contributed by atoms with Crippen LogP contribution in [0.15, 0.2) is 27.4 Å². The molecule has 0 atom stereocenters. The molecule has 1 aromatic heterocycles. The van der Waals surface area contributed by atoms with Gasteiger partial charge >= 0.3 is 0 Å². The molecule has 0 bridgehead atoms. The molecule has 0 fully saturated rings. The maximum atomic E-state index is 12.2. The number of benzene rings is 2. The van der Waals surface area contributed by atoms with Crippen molar-refractivity contribution in [3.8, 4) is 23.0 Å². The number of phenols is 2. The van der Waals surface area contributed by atoms with E-state index < -0.39 is 5.43 Å². The molecule has 2 N–H and O–H groups in total. The van der Waals surface area contributed by atoms with Crippen molar-refractivity contribution < 1.29 is 24.1 Å². The van der Waals surface area contributed by atoms with E-state index in [1.165, 1.54) is 26.4 Å². The number of aromatic hydroxyl groups is 2. The third-order valence-corrected chi connectivity index (χ3v) is 3.53. The Hall–Kier alpha value is -2.89. The summed E-state index contributed by atoms with van der Waals surface area (Å²) in [4.78, 5) is 12.2. The largest absolute Gasteiger partial charge is 0.507 e. The van der Waals surface area contributed by atoms with Crippen molar-refractivity contribution in [3.05, 3.63) is 34.2 Å². The standard InChI is InChI=1S/C16H14O6/c1-7-4-10(17)13-14(19)12-9(15(21-3)16(13)22-7)5-8(20-2)6-11(12)18/h4-6,18-19H,1-3H3. The van der Waals surface area contributed by atoms with Gasteiger partial charge in [-0.1, -0.05) is 0 Å². The first kappa shape index (κ1) is 14.1. The lowest BCUT2D eigenvalue weighted by molar-refractivity contribution is 0.403. The average molecular weight is 302 g/mol. The highest BCUT2D eigenvalue weighted by Crippen LogP contribution is 2.46. The molecule has 0 radical (unpaired) electrons. The molecule has 0 amide bonds. The van der Waals surface area contributed by atoms with Crippen LogP contribution in [-0.2, 0) is 0 Å². The first-order valence-corrected chi connectivity index (χ1v) is 6.52. The van der Waals surface area contributed by atoms with E-state index in [1.54, 1.807) is 13.0 Å². The van der Waals surface area contributed by atoms with Gasteiger partial charge in [0.2, 0.25) is 0 Å². The van der Waals surface area contributed by atoms with Crippen molar-refractivity contribution in [1.82, 2.24) is 0 Å². The van der Waals surface area contributed by atoms with E-state index in [1.807, 2.05) is 0 Å². The van der Waals surface area contributed by atoms with Crippen LogP contribution in [0.4, 0.5) is 0 Å². The molecule has 0 aliphatic heterocycles. The molecular weight excluding hydrogens is 288 g/mol. The number of fused-ring (bicyclic) bond motifs is 2. The predicted octanol–water partition coefficient (Wildman–Crippen LogP) is 2.68. The molecule has 0 spiro atoms. The van der Waals surface area contributed by atoms with Gasteiger partial charge < -0.3 is 24.1 Å². The second-order valence-electron chi connectivity index (χ2n) is 4.88. The Balaban J connectivity index is 2.67. The second kappa shape index (κ2) is 4.84. The maximum Gasteiger partial charge on any atom is 0.196 e. The van der Waals surface area contributed by atoms with Gasteiger partial charge in [-0.15, -0.1) is 0 Å². The van der Waals surface area contributed by atoms with Crippen molar-refractivity contribution in [1.29, 1.82) is 0 Å². The normalized spacial score (nSPS) is 11.0. The average Bonchev–Trinajstić information content (AvgIpc) is 2.46. The van der Waals surface area contributed by atoms with Crippen LogP contribution in [0.25, 0.3) is 21.7 Å². The fourth-order valence-corrected chi connectivity index (χ4v) is 2.59. The minimum absolute atomic E-state index is 0.0320. The van der Waals surface area contributed by atoms with Crippen molar-refractivity contribution in [2.24, 2.45) is 0 Å². The molecule has 22 heavy (non-hydrogen) atoms. The van der Waals surface area contributed by atoms with E-state index in [9.17, 15) is 15.0 Å². The topological polar surface area (TPSA) is 89.1 Å². The zero-order valence-corrected chi connectivity index (χ0v) is 12.3. The molecule has 6 heteroatoms. The van der Waals surface area contributed by atoms with Crippen LogP contribution < -0.4 is 14.9 Å². The molecule has 6 nitrogen and oxygen atoms in total. The van der Waals surface area contributed by atoms with Gasteiger partial charge in [-0.25, -0.2) is 0 Å². The van der Waals surface area contributed by atoms with Crippen molar-refractivity contribution in [3.63, 3.8) is 0 Å².